The fourth-order valence-corrected chi connectivity index (χ4v) is 0. The molecule has 0 spiro atoms. The van der Waals surface area contributed by atoms with E-state index in [4.69, 9.17) is 5.11 Å². The van der Waals surface area contributed by atoms with Gasteiger partial charge in [-0.15, -0.1) is 0 Å². The van der Waals surface area contributed by atoms with Gasteiger partial charge < -0.3 is 5.11 Å². The van der Waals surface area contributed by atoms with Gasteiger partial charge in [0.1, 0.15) is 6.10 Å². The van der Waals surface area contributed by atoms with Crippen LogP contribution in [0.1, 0.15) is 13.8 Å². The van der Waals surface area contributed by atoms with Crippen LogP contribution in [0, 0.1) is 0 Å². The second-order valence-electron chi connectivity index (χ2n) is 1.29. The van der Waals surface area contributed by atoms with Crippen LogP contribution in [0.2, 0.25) is 0 Å². The van der Waals surface area contributed by atoms with Crippen molar-refractivity contribution in [1.29, 1.82) is 0 Å². The zero-order chi connectivity index (χ0) is 5.15. The standard InChI is InChI=1S/C4H8O2.Zr/c1-3(5)4(2)6;/h3,5H,1-2H3;. The summed E-state index contributed by atoms with van der Waals surface area (Å²) in [6.45, 7) is 2.80. The molecule has 0 radical (unpaired) electrons. The molecule has 1 N–H and O–H groups in total. The molecular formula is C4H8O2Zr. The quantitative estimate of drug-likeness (QED) is 0.613. The molecule has 40 valence electrons. The molecule has 0 fully saturated rings. The number of ketones is 1. The number of hydrogen-bond acceptors (Lipinski definition) is 2. The van der Waals surface area contributed by atoms with E-state index in [1.165, 1.54) is 13.8 Å². The van der Waals surface area contributed by atoms with Crippen molar-refractivity contribution in [2.24, 2.45) is 0 Å². The van der Waals surface area contributed by atoms with Gasteiger partial charge in [0.2, 0.25) is 0 Å². The minimum absolute atomic E-state index is 0. The summed E-state index contributed by atoms with van der Waals surface area (Å²) in [7, 11) is 0. The van der Waals surface area contributed by atoms with Crippen molar-refractivity contribution in [2.75, 3.05) is 0 Å². The van der Waals surface area contributed by atoms with E-state index in [0.717, 1.165) is 0 Å². The molecule has 0 aromatic heterocycles. The smallest absolute Gasteiger partial charge is 0.157 e. The molecule has 1 atom stereocenters. The minimum atomic E-state index is -0.787. The Labute approximate surface area is 62.0 Å². The van der Waals surface area contributed by atoms with Crippen LogP contribution in [0.25, 0.3) is 0 Å². The summed E-state index contributed by atoms with van der Waals surface area (Å²) in [5.74, 6) is -0.185. The van der Waals surface area contributed by atoms with E-state index in [9.17, 15) is 4.79 Å². The minimum Gasteiger partial charge on any atom is -0.386 e. The average molecular weight is 179 g/mol. The second kappa shape index (κ2) is 4.67. The van der Waals surface area contributed by atoms with Crippen molar-refractivity contribution in [3.8, 4) is 0 Å². The van der Waals surface area contributed by atoms with Crippen LogP contribution >= 0.6 is 0 Å². The van der Waals surface area contributed by atoms with E-state index in [2.05, 4.69) is 0 Å². The van der Waals surface area contributed by atoms with E-state index >= 15 is 0 Å². The fraction of sp³-hybridized carbons (Fsp3) is 0.750. The van der Waals surface area contributed by atoms with E-state index in [1.54, 1.807) is 0 Å². The fourth-order valence-electron chi connectivity index (χ4n) is 0. The summed E-state index contributed by atoms with van der Waals surface area (Å²) in [6.07, 6.45) is -0.787. The van der Waals surface area contributed by atoms with Crippen LogP contribution in [-0.2, 0) is 31.0 Å². The first-order valence-corrected chi connectivity index (χ1v) is 1.83. The largest absolute Gasteiger partial charge is 0.386 e. The molecule has 7 heavy (non-hydrogen) atoms. The van der Waals surface area contributed by atoms with Crippen molar-refractivity contribution in [1.82, 2.24) is 0 Å². The Morgan fingerprint density at radius 1 is 1.71 bits per heavy atom. The van der Waals surface area contributed by atoms with Gasteiger partial charge in [0.25, 0.3) is 0 Å². The van der Waals surface area contributed by atoms with Gasteiger partial charge in [0.15, 0.2) is 5.78 Å². The van der Waals surface area contributed by atoms with Crippen LogP contribution in [0.15, 0.2) is 0 Å². The molecule has 0 heterocycles. The average Bonchev–Trinajstić information content (AvgIpc) is 1.36. The third-order valence-electron chi connectivity index (χ3n) is 0.588. The SMILES string of the molecule is CC(=O)C(C)O.[Zr]. The van der Waals surface area contributed by atoms with Crippen LogP contribution in [-0.4, -0.2) is 17.0 Å². The molecule has 0 bridgehead atoms. The first kappa shape index (κ1) is 10.5. The summed E-state index contributed by atoms with van der Waals surface area (Å²) < 4.78 is 0. The van der Waals surface area contributed by atoms with Gasteiger partial charge in [-0.2, -0.15) is 0 Å². The van der Waals surface area contributed by atoms with Crippen LogP contribution in [0.3, 0.4) is 0 Å². The number of Topliss-reactive ketones (excluding diaryl/α,β-unsaturated/α-hetero) is 1. The van der Waals surface area contributed by atoms with Gasteiger partial charge in [-0.05, 0) is 13.8 Å². The van der Waals surface area contributed by atoms with Crippen molar-refractivity contribution in [3.63, 3.8) is 0 Å². The molecule has 0 saturated carbocycles. The van der Waals surface area contributed by atoms with E-state index < -0.39 is 6.10 Å². The molecule has 0 rings (SSSR count). The molecular weight excluding hydrogens is 171 g/mol. The second-order valence-corrected chi connectivity index (χ2v) is 1.29. The van der Waals surface area contributed by atoms with Gasteiger partial charge in [-0.25, -0.2) is 0 Å². The summed E-state index contributed by atoms with van der Waals surface area (Å²) in [5.41, 5.74) is 0. The predicted octanol–water partition coefficient (Wildman–Crippen LogP) is -0.0463. The van der Waals surface area contributed by atoms with E-state index in [0.29, 0.717) is 0 Å². The van der Waals surface area contributed by atoms with Gasteiger partial charge in [0, 0.05) is 26.2 Å². The van der Waals surface area contributed by atoms with Crippen LogP contribution < -0.4 is 0 Å². The van der Waals surface area contributed by atoms with Crippen LogP contribution in [0.5, 0.6) is 0 Å². The summed E-state index contributed by atoms with van der Waals surface area (Å²) in [5, 5.41) is 8.28. The van der Waals surface area contributed by atoms with Gasteiger partial charge in [-0.1, -0.05) is 0 Å². The third-order valence-corrected chi connectivity index (χ3v) is 0.588. The Hall–Kier alpha value is 0.513. The molecule has 0 aliphatic rings. The maximum absolute atomic E-state index is 9.89. The summed E-state index contributed by atoms with van der Waals surface area (Å²) in [6, 6.07) is 0. The first-order chi connectivity index (χ1) is 2.64. The summed E-state index contributed by atoms with van der Waals surface area (Å²) >= 11 is 0. The molecule has 0 saturated heterocycles. The predicted molar refractivity (Wildman–Crippen MR) is 22.4 cm³/mol. The van der Waals surface area contributed by atoms with Crippen molar-refractivity contribution >= 4 is 5.78 Å². The number of carbonyl (C=O) groups is 1. The summed E-state index contributed by atoms with van der Waals surface area (Å²) in [4.78, 5) is 9.89. The molecule has 0 aromatic carbocycles. The van der Waals surface area contributed by atoms with Crippen molar-refractivity contribution in [3.05, 3.63) is 0 Å². The van der Waals surface area contributed by atoms with Crippen LogP contribution in [0.4, 0.5) is 0 Å². The molecule has 0 aliphatic heterocycles. The Morgan fingerprint density at radius 3 is 1.86 bits per heavy atom. The molecule has 0 aliphatic carbocycles. The zero-order valence-corrected chi connectivity index (χ0v) is 6.89. The molecule has 2 nitrogen and oxygen atoms in total. The van der Waals surface area contributed by atoms with Gasteiger partial charge in [-0.3, -0.25) is 4.79 Å². The van der Waals surface area contributed by atoms with Gasteiger partial charge >= 0.3 is 0 Å². The Bertz CT molecular complexity index is 60.7. The normalized spacial score (nSPS) is 11.9. The third kappa shape index (κ3) is 6.51. The number of aliphatic hydroxyl groups excluding tert-OH is 1. The number of aliphatic hydroxyl groups is 1. The van der Waals surface area contributed by atoms with Gasteiger partial charge in [0.05, 0.1) is 0 Å². The number of carbonyl (C=O) groups excluding carboxylic acids is 1. The van der Waals surface area contributed by atoms with E-state index in [-0.39, 0.29) is 32.0 Å². The Balaban J connectivity index is 0. The topological polar surface area (TPSA) is 37.3 Å². The van der Waals surface area contributed by atoms with E-state index in [1.807, 2.05) is 0 Å². The van der Waals surface area contributed by atoms with Crippen molar-refractivity contribution in [2.45, 2.75) is 20.0 Å². The maximum atomic E-state index is 9.89. The van der Waals surface area contributed by atoms with Crippen molar-refractivity contribution < 1.29 is 36.1 Å². The number of rotatable bonds is 1. The maximum Gasteiger partial charge on any atom is 0.157 e. The molecule has 0 amide bonds. The Morgan fingerprint density at radius 2 is 1.86 bits per heavy atom. The zero-order valence-electron chi connectivity index (χ0n) is 4.43. The first-order valence-electron chi connectivity index (χ1n) is 1.83. The molecule has 1 unspecified atom stereocenters. The monoisotopic (exact) mass is 178 g/mol. The number of hydrogen-bond donors (Lipinski definition) is 1. The molecule has 3 heteroatoms. The molecule has 0 aromatic rings. The Kier molecular flexibility index (Phi) is 6.99.